The number of carbonyl (C=O) groups excluding carboxylic acids is 1. The summed E-state index contributed by atoms with van der Waals surface area (Å²) in [6.07, 6.45) is 1.00. The van der Waals surface area contributed by atoms with Crippen molar-refractivity contribution in [3.8, 4) is 0 Å². The van der Waals surface area contributed by atoms with E-state index in [9.17, 15) is 9.90 Å². The third-order valence-corrected chi connectivity index (χ3v) is 5.40. The Labute approximate surface area is 163 Å². The molecule has 1 amide bonds. The van der Waals surface area contributed by atoms with Gasteiger partial charge in [-0.15, -0.1) is 0 Å². The van der Waals surface area contributed by atoms with E-state index in [4.69, 9.17) is 19.9 Å². The minimum atomic E-state index is -0.532. The average Bonchev–Trinajstić information content (AvgIpc) is 3.20. The fraction of sp³-hybridized carbons (Fsp3) is 0.429. The number of hydrogen-bond acceptors (Lipinski definition) is 5. The predicted molar refractivity (Wildman–Crippen MR) is 99.3 cm³/mol. The lowest BCUT2D eigenvalue weighted by atomic mass is 9.99. The Morgan fingerprint density at radius 2 is 1.82 bits per heavy atom. The van der Waals surface area contributed by atoms with Gasteiger partial charge in [-0.2, -0.15) is 4.57 Å². The largest absolute Gasteiger partial charge is 0.394 e. The first-order valence-corrected chi connectivity index (χ1v) is 9.34. The van der Waals surface area contributed by atoms with Crippen LogP contribution in [-0.2, 0) is 14.2 Å². The second-order valence-electron chi connectivity index (χ2n) is 7.50. The molecule has 5 atom stereocenters. The van der Waals surface area contributed by atoms with Crippen LogP contribution in [0.2, 0.25) is 0 Å². The van der Waals surface area contributed by atoms with E-state index in [1.807, 2.05) is 13.8 Å². The number of aromatic nitrogens is 1. The first-order valence-electron chi connectivity index (χ1n) is 9.34. The van der Waals surface area contributed by atoms with Gasteiger partial charge in [-0.3, -0.25) is 4.79 Å². The highest BCUT2D eigenvalue weighted by molar-refractivity contribution is 5.92. The number of aliphatic hydroxyl groups excluding tert-OH is 1. The molecule has 7 nitrogen and oxygen atoms in total. The Balaban J connectivity index is 1.66. The molecule has 0 saturated carbocycles. The van der Waals surface area contributed by atoms with E-state index >= 15 is 0 Å². The topological polar surface area (TPSA) is 94.9 Å². The van der Waals surface area contributed by atoms with Crippen molar-refractivity contribution in [2.24, 2.45) is 5.73 Å². The van der Waals surface area contributed by atoms with Crippen molar-refractivity contribution in [3.05, 3.63) is 64.5 Å². The summed E-state index contributed by atoms with van der Waals surface area (Å²) >= 11 is 0. The van der Waals surface area contributed by atoms with Gasteiger partial charge >= 0.3 is 0 Å². The normalized spacial score (nSPS) is 29.1. The number of aryl methyl sites for hydroxylation is 3. The minimum Gasteiger partial charge on any atom is -0.394 e. The van der Waals surface area contributed by atoms with Crippen LogP contribution in [-0.4, -0.2) is 35.9 Å². The van der Waals surface area contributed by atoms with Crippen molar-refractivity contribution >= 4 is 5.91 Å². The highest BCUT2D eigenvalue weighted by Gasteiger charge is 2.57. The van der Waals surface area contributed by atoms with Crippen LogP contribution in [0.15, 0.2) is 36.7 Å². The Bertz CT molecular complexity index is 892. The number of amides is 1. The third kappa shape index (κ3) is 3.20. The van der Waals surface area contributed by atoms with Crippen LogP contribution in [0.25, 0.3) is 0 Å². The summed E-state index contributed by atoms with van der Waals surface area (Å²) in [6, 6.07) is 7.58. The molecule has 2 fully saturated rings. The van der Waals surface area contributed by atoms with Gasteiger partial charge in [0.25, 0.3) is 12.1 Å². The quantitative estimate of drug-likeness (QED) is 0.775. The lowest BCUT2D eigenvalue weighted by molar-refractivity contribution is -0.766. The zero-order valence-corrected chi connectivity index (χ0v) is 16.2. The van der Waals surface area contributed by atoms with Gasteiger partial charge in [0.15, 0.2) is 24.8 Å². The Morgan fingerprint density at radius 1 is 1.14 bits per heavy atom. The molecule has 1 aromatic carbocycles. The maximum atomic E-state index is 11.5. The fourth-order valence-corrected chi connectivity index (χ4v) is 4.22. The Morgan fingerprint density at radius 3 is 2.46 bits per heavy atom. The van der Waals surface area contributed by atoms with Crippen LogP contribution in [0.1, 0.15) is 45.1 Å². The lowest BCUT2D eigenvalue weighted by Gasteiger charge is -2.20. The van der Waals surface area contributed by atoms with Crippen LogP contribution in [0.5, 0.6) is 0 Å². The highest BCUT2D eigenvalue weighted by Crippen LogP contribution is 2.43. The minimum absolute atomic E-state index is 0.185. The molecule has 0 aliphatic carbocycles. The number of benzene rings is 1. The third-order valence-electron chi connectivity index (χ3n) is 5.40. The molecule has 7 heteroatoms. The van der Waals surface area contributed by atoms with Gasteiger partial charge in [0.2, 0.25) is 0 Å². The Kier molecular flexibility index (Phi) is 4.93. The molecule has 2 aromatic rings. The van der Waals surface area contributed by atoms with E-state index in [1.165, 1.54) is 5.56 Å². The van der Waals surface area contributed by atoms with Gasteiger partial charge in [-0.05, 0) is 38.0 Å². The molecule has 2 aliphatic heterocycles. The van der Waals surface area contributed by atoms with Crippen molar-refractivity contribution < 1.29 is 28.7 Å². The zero-order chi connectivity index (χ0) is 20.0. The van der Waals surface area contributed by atoms with Gasteiger partial charge in [-0.1, -0.05) is 17.7 Å². The summed E-state index contributed by atoms with van der Waals surface area (Å²) in [5.41, 5.74) is 10.2. The van der Waals surface area contributed by atoms with Crippen LogP contribution in [0.4, 0.5) is 0 Å². The number of fused-ring (bicyclic) bond motifs is 1. The number of aliphatic hydroxyl groups is 1. The van der Waals surface area contributed by atoms with Crippen molar-refractivity contribution in [2.45, 2.75) is 51.6 Å². The van der Waals surface area contributed by atoms with Crippen molar-refractivity contribution in [3.63, 3.8) is 0 Å². The molecule has 2 aliphatic rings. The van der Waals surface area contributed by atoms with Crippen LogP contribution in [0, 0.1) is 20.8 Å². The lowest BCUT2D eigenvalue weighted by Crippen LogP contribution is -2.46. The summed E-state index contributed by atoms with van der Waals surface area (Å²) in [5.74, 6) is -0.519. The maximum absolute atomic E-state index is 11.5. The number of rotatable bonds is 4. The van der Waals surface area contributed by atoms with Crippen molar-refractivity contribution in [2.75, 3.05) is 6.61 Å². The average molecular weight is 385 g/mol. The number of ether oxygens (including phenoxy) is 3. The smallest absolute Gasteiger partial charge is 0.292 e. The summed E-state index contributed by atoms with van der Waals surface area (Å²) in [6.45, 7) is 5.95. The summed E-state index contributed by atoms with van der Waals surface area (Å²) in [7, 11) is 0. The molecule has 1 unspecified atom stereocenters. The molecular formula is C21H25N2O5+. The number of primary amides is 1. The summed E-state index contributed by atoms with van der Waals surface area (Å²) in [5, 5.41) is 9.78. The molecular weight excluding hydrogens is 360 g/mol. The summed E-state index contributed by atoms with van der Waals surface area (Å²) < 4.78 is 20.2. The predicted octanol–water partition coefficient (Wildman–Crippen LogP) is 1.37. The summed E-state index contributed by atoms with van der Waals surface area (Å²) in [4.78, 5) is 11.5. The van der Waals surface area contributed by atoms with E-state index in [0.29, 0.717) is 5.56 Å². The molecule has 3 N–H and O–H groups in total. The molecule has 3 heterocycles. The van der Waals surface area contributed by atoms with Crippen molar-refractivity contribution in [1.29, 1.82) is 0 Å². The first kappa shape index (κ1) is 19.0. The van der Waals surface area contributed by atoms with Crippen LogP contribution >= 0.6 is 0 Å². The first-order chi connectivity index (χ1) is 13.4. The molecule has 0 radical (unpaired) electrons. The zero-order valence-electron chi connectivity index (χ0n) is 16.2. The number of pyridine rings is 1. The van der Waals surface area contributed by atoms with Gasteiger partial charge in [0.05, 0.1) is 6.61 Å². The number of carbonyl (C=O) groups is 1. The molecule has 4 rings (SSSR count). The number of nitrogens with two attached hydrogens (primary N) is 1. The number of nitrogens with zero attached hydrogens (tertiary/aromatic N) is 1. The van der Waals surface area contributed by atoms with Crippen LogP contribution < -0.4 is 10.3 Å². The highest BCUT2D eigenvalue weighted by atomic mass is 16.8. The van der Waals surface area contributed by atoms with Gasteiger partial charge in [0.1, 0.15) is 17.8 Å². The van der Waals surface area contributed by atoms with E-state index in [1.54, 1.807) is 29.1 Å². The monoisotopic (exact) mass is 385 g/mol. The van der Waals surface area contributed by atoms with Gasteiger partial charge < -0.3 is 25.1 Å². The molecule has 0 spiro atoms. The van der Waals surface area contributed by atoms with Gasteiger partial charge in [0, 0.05) is 11.6 Å². The van der Waals surface area contributed by atoms with Crippen LogP contribution in [0.3, 0.4) is 0 Å². The van der Waals surface area contributed by atoms with E-state index in [0.717, 1.165) is 16.7 Å². The fourth-order valence-electron chi connectivity index (χ4n) is 4.22. The van der Waals surface area contributed by atoms with Gasteiger partial charge in [-0.25, -0.2) is 0 Å². The molecule has 28 heavy (non-hydrogen) atoms. The Hall–Kier alpha value is -2.32. The molecule has 0 bridgehead atoms. The second-order valence-corrected chi connectivity index (χ2v) is 7.50. The van der Waals surface area contributed by atoms with E-state index in [2.05, 4.69) is 19.1 Å². The maximum Gasteiger partial charge on any atom is 0.292 e. The standard InChI is InChI=1S/C21H24N2O5/c1-11-7-12(2)16(13(3)8-11)21-27-17-15(10-24)26-20(18(17)28-21)23-6-4-5-14(9-23)19(22)25/h4-9,15,17-18,20-21,24H,10H2,1-3H3,(H-,22,25)/p+1/t15-,17-,18-,20-,21?/m1/s1. The SMILES string of the molecule is Cc1cc(C)c(C2O[C@@H]3[C@H](O2)[C@@H](CO)O[C@H]3[n+]2cccc(C(N)=O)c2)c(C)c1. The number of hydrogen-bond donors (Lipinski definition) is 2. The molecule has 148 valence electrons. The van der Waals surface area contributed by atoms with Crippen molar-refractivity contribution in [1.82, 2.24) is 0 Å². The molecule has 1 aromatic heterocycles. The molecule has 2 saturated heterocycles. The second kappa shape index (κ2) is 7.25. The van der Waals surface area contributed by atoms with E-state index in [-0.39, 0.29) is 6.61 Å². The van der Waals surface area contributed by atoms with E-state index < -0.39 is 36.7 Å².